The highest BCUT2D eigenvalue weighted by atomic mass is 32.1. The van der Waals surface area contributed by atoms with E-state index in [9.17, 15) is 9.90 Å². The summed E-state index contributed by atoms with van der Waals surface area (Å²) in [6.07, 6.45) is 0. The van der Waals surface area contributed by atoms with E-state index in [-0.39, 0.29) is 11.7 Å². The molecule has 3 nitrogen and oxygen atoms in total. The van der Waals surface area contributed by atoms with E-state index in [4.69, 9.17) is 0 Å². The zero-order valence-electron chi connectivity index (χ0n) is 19.4. The number of carbonyl (C=O) groups is 1. The van der Waals surface area contributed by atoms with Crippen LogP contribution in [0, 0.1) is 0 Å². The van der Waals surface area contributed by atoms with Crippen molar-refractivity contribution in [1.29, 1.82) is 0 Å². The van der Waals surface area contributed by atoms with Crippen LogP contribution in [-0.2, 0) is 6.54 Å². The normalized spacial score (nSPS) is 10.8. The number of phenolic OH excluding ortho intramolecular Hbond substituents is 1. The van der Waals surface area contributed by atoms with E-state index in [1.165, 1.54) is 21.2 Å². The van der Waals surface area contributed by atoms with Crippen molar-refractivity contribution < 1.29 is 9.90 Å². The minimum Gasteiger partial charge on any atom is -0.508 e. The monoisotopic (exact) mass is 475 g/mol. The Morgan fingerprint density at radius 2 is 1.54 bits per heavy atom. The molecule has 4 heteroatoms. The zero-order valence-corrected chi connectivity index (χ0v) is 20.2. The number of hydrogen-bond acceptors (Lipinski definition) is 3. The molecule has 1 aromatic heterocycles. The van der Waals surface area contributed by atoms with E-state index in [1.54, 1.807) is 41.5 Å². The maximum Gasteiger partial charge on any atom is 0.253 e. The molecule has 0 bridgehead atoms. The SMILES string of the molecule is CN(Cc1cccc(O)c1)C(=O)c1ccc2sc3ccccc3c(-c3ccccc3)cccc2c1. The van der Waals surface area contributed by atoms with Crippen molar-refractivity contribution in [3.8, 4) is 16.9 Å². The molecule has 0 aliphatic rings. The molecule has 0 aliphatic heterocycles. The van der Waals surface area contributed by atoms with E-state index in [2.05, 4.69) is 66.7 Å². The predicted octanol–water partition coefficient (Wildman–Crippen LogP) is 7.82. The Morgan fingerprint density at radius 1 is 0.771 bits per heavy atom. The van der Waals surface area contributed by atoms with Crippen LogP contribution < -0.4 is 0 Å². The van der Waals surface area contributed by atoms with Crippen molar-refractivity contribution in [3.63, 3.8) is 0 Å². The second-order valence-electron chi connectivity index (χ2n) is 8.49. The van der Waals surface area contributed by atoms with Gasteiger partial charge in [0.2, 0.25) is 0 Å². The number of aromatic hydroxyl groups is 1. The largest absolute Gasteiger partial charge is 0.508 e. The van der Waals surface area contributed by atoms with Gasteiger partial charge in [0, 0.05) is 28.6 Å². The maximum atomic E-state index is 13.2. The molecule has 1 amide bonds. The van der Waals surface area contributed by atoms with Gasteiger partial charge in [0.1, 0.15) is 5.75 Å². The highest BCUT2D eigenvalue weighted by Crippen LogP contribution is 2.31. The number of fused-ring (bicyclic) bond motifs is 2. The number of rotatable bonds is 4. The fourth-order valence-electron chi connectivity index (χ4n) is 4.23. The Morgan fingerprint density at radius 3 is 2.37 bits per heavy atom. The van der Waals surface area contributed by atoms with Gasteiger partial charge in [-0.15, -0.1) is 11.3 Å². The van der Waals surface area contributed by atoms with Crippen LogP contribution in [0.3, 0.4) is 0 Å². The van der Waals surface area contributed by atoms with Crippen molar-refractivity contribution in [1.82, 2.24) is 4.90 Å². The van der Waals surface area contributed by atoms with Crippen LogP contribution in [0.25, 0.3) is 31.3 Å². The first-order chi connectivity index (χ1) is 17.1. The standard InChI is InChI=1S/C31H25NO2S/c1-32(21-22-9-7-13-26(33)19-22)31(34)25-17-18-29-24(20-25)12-8-15-27(23-10-3-2-4-11-23)28-14-5-6-16-30(28)35-29/h2-20,33H,21H2,1H3. The average Bonchev–Trinajstić information content (AvgIpc) is 2.95. The molecule has 1 heterocycles. The number of amides is 1. The van der Waals surface area contributed by atoms with E-state index in [0.717, 1.165) is 15.6 Å². The summed E-state index contributed by atoms with van der Waals surface area (Å²) in [5, 5.41) is 11.9. The van der Waals surface area contributed by atoms with E-state index in [0.29, 0.717) is 12.1 Å². The Labute approximate surface area is 208 Å². The summed E-state index contributed by atoms with van der Waals surface area (Å²) in [5.74, 6) is 0.140. The van der Waals surface area contributed by atoms with E-state index < -0.39 is 0 Å². The van der Waals surface area contributed by atoms with Crippen LogP contribution in [0.5, 0.6) is 5.75 Å². The van der Waals surface area contributed by atoms with Crippen LogP contribution in [0.1, 0.15) is 15.9 Å². The molecule has 0 saturated heterocycles. The van der Waals surface area contributed by atoms with Crippen LogP contribution in [0.2, 0.25) is 0 Å². The average molecular weight is 476 g/mol. The predicted molar refractivity (Wildman–Crippen MR) is 146 cm³/mol. The minimum absolute atomic E-state index is 0.0599. The lowest BCUT2D eigenvalue weighted by Gasteiger charge is -2.17. The first kappa shape index (κ1) is 22.6. The molecule has 0 radical (unpaired) electrons. The van der Waals surface area contributed by atoms with Crippen LogP contribution in [0.15, 0.2) is 115 Å². The molecule has 0 atom stereocenters. The summed E-state index contributed by atoms with van der Waals surface area (Å²) in [5.41, 5.74) is 3.85. The molecule has 0 aliphatic carbocycles. The highest BCUT2D eigenvalue weighted by molar-refractivity contribution is 7.24. The van der Waals surface area contributed by atoms with Gasteiger partial charge in [0.15, 0.2) is 0 Å². The molecule has 5 aromatic rings. The third-order valence-corrected chi connectivity index (χ3v) is 7.12. The quantitative estimate of drug-likeness (QED) is 0.288. The molecule has 5 rings (SSSR count). The summed E-state index contributed by atoms with van der Waals surface area (Å²) >= 11 is 1.72. The van der Waals surface area contributed by atoms with Crippen LogP contribution >= 0.6 is 11.3 Å². The number of benzene rings is 4. The van der Waals surface area contributed by atoms with Gasteiger partial charge in [0.05, 0.1) is 0 Å². The molecule has 0 spiro atoms. The fourth-order valence-corrected chi connectivity index (χ4v) is 5.28. The lowest BCUT2D eigenvalue weighted by Crippen LogP contribution is -2.26. The lowest BCUT2D eigenvalue weighted by molar-refractivity contribution is 0.0785. The van der Waals surface area contributed by atoms with E-state index >= 15 is 0 Å². The minimum atomic E-state index is -0.0599. The number of phenols is 1. The molecule has 1 N–H and O–H groups in total. The molecular formula is C31H25NO2S. The van der Waals surface area contributed by atoms with Gasteiger partial charge in [-0.2, -0.15) is 0 Å². The van der Waals surface area contributed by atoms with Gasteiger partial charge < -0.3 is 10.0 Å². The van der Waals surface area contributed by atoms with Crippen molar-refractivity contribution in [2.45, 2.75) is 6.54 Å². The molecule has 35 heavy (non-hydrogen) atoms. The van der Waals surface area contributed by atoms with Gasteiger partial charge in [0.25, 0.3) is 5.91 Å². The van der Waals surface area contributed by atoms with Crippen LogP contribution in [0.4, 0.5) is 0 Å². The van der Waals surface area contributed by atoms with Gasteiger partial charge in [-0.05, 0) is 63.9 Å². The molecular weight excluding hydrogens is 450 g/mol. The maximum absolute atomic E-state index is 13.2. The third-order valence-electron chi connectivity index (χ3n) is 5.95. The highest BCUT2D eigenvalue weighted by Gasteiger charge is 2.13. The van der Waals surface area contributed by atoms with Crippen molar-refractivity contribution >= 4 is 37.4 Å². The van der Waals surface area contributed by atoms with Crippen molar-refractivity contribution in [2.24, 2.45) is 0 Å². The lowest BCUT2D eigenvalue weighted by atomic mass is 10.0. The smallest absolute Gasteiger partial charge is 0.253 e. The summed E-state index contributed by atoms with van der Waals surface area (Å²) in [7, 11) is 1.78. The topological polar surface area (TPSA) is 40.5 Å². The Bertz CT molecular complexity index is 1570. The third kappa shape index (κ3) is 5.03. The summed E-state index contributed by atoms with van der Waals surface area (Å²) in [6, 6.07) is 38.0. The van der Waals surface area contributed by atoms with Crippen LogP contribution in [-0.4, -0.2) is 23.0 Å². The number of carbonyl (C=O) groups excluding carboxylic acids is 1. The molecule has 172 valence electrons. The van der Waals surface area contributed by atoms with Gasteiger partial charge in [-0.25, -0.2) is 0 Å². The number of hydrogen-bond donors (Lipinski definition) is 1. The summed E-state index contributed by atoms with van der Waals surface area (Å²) in [6.45, 7) is 0.422. The Hall–Kier alpha value is -4.15. The summed E-state index contributed by atoms with van der Waals surface area (Å²) < 4.78 is 2.27. The Kier molecular flexibility index (Phi) is 6.47. The van der Waals surface area contributed by atoms with Gasteiger partial charge in [-0.3, -0.25) is 4.79 Å². The second kappa shape index (κ2) is 10.00. The Balaban J connectivity index is 1.58. The summed E-state index contributed by atoms with van der Waals surface area (Å²) in [4.78, 5) is 14.9. The van der Waals surface area contributed by atoms with Gasteiger partial charge in [-0.1, -0.05) is 78.9 Å². The first-order valence-electron chi connectivity index (χ1n) is 11.5. The molecule has 0 fully saturated rings. The van der Waals surface area contributed by atoms with Crippen molar-refractivity contribution in [3.05, 3.63) is 126 Å². The second-order valence-corrected chi connectivity index (χ2v) is 9.57. The zero-order chi connectivity index (χ0) is 24.2. The van der Waals surface area contributed by atoms with Crippen molar-refractivity contribution in [2.75, 3.05) is 7.05 Å². The number of nitrogens with zero attached hydrogens (tertiary/aromatic N) is 1. The van der Waals surface area contributed by atoms with E-state index in [1.807, 2.05) is 30.3 Å². The molecule has 0 unspecified atom stereocenters. The van der Waals surface area contributed by atoms with Gasteiger partial charge >= 0.3 is 0 Å². The molecule has 4 aromatic carbocycles. The first-order valence-corrected chi connectivity index (χ1v) is 12.3. The fraction of sp³-hybridized carbons (Fsp3) is 0.0645. The molecule has 0 saturated carbocycles.